The van der Waals surface area contributed by atoms with Crippen LogP contribution in [0.25, 0.3) is 0 Å². The van der Waals surface area contributed by atoms with Crippen LogP contribution >= 0.6 is 0 Å². The zero-order valence-corrected chi connectivity index (χ0v) is 16.4. The summed E-state index contributed by atoms with van der Waals surface area (Å²) in [7, 11) is 0. The number of aromatic nitrogens is 1. The van der Waals surface area contributed by atoms with Gasteiger partial charge in [0.2, 0.25) is 0 Å². The molecule has 2 aliphatic rings. The normalized spacial score (nSPS) is 22.4. The van der Waals surface area contributed by atoms with Gasteiger partial charge in [0.1, 0.15) is 17.4 Å². The Morgan fingerprint density at radius 1 is 1.04 bits per heavy atom. The van der Waals surface area contributed by atoms with Gasteiger partial charge in [0.25, 0.3) is 0 Å². The van der Waals surface area contributed by atoms with Gasteiger partial charge in [-0.05, 0) is 49.2 Å². The fourth-order valence-corrected chi connectivity index (χ4v) is 3.89. The Kier molecular flexibility index (Phi) is 7.04. The fraction of sp³-hybridized carbons (Fsp3) is 0.500. The second-order valence-electron chi connectivity index (χ2n) is 6.99. The number of piperazine rings is 1. The Morgan fingerprint density at radius 2 is 1.85 bits per heavy atom. The Bertz CT molecular complexity index is 680. The van der Waals surface area contributed by atoms with Crippen LogP contribution in [0, 0.1) is 11.7 Å². The van der Waals surface area contributed by atoms with E-state index in [-0.39, 0.29) is 5.82 Å². The summed E-state index contributed by atoms with van der Waals surface area (Å²) in [6.07, 6.45) is 4.24. The molecule has 2 saturated heterocycles. The maximum atomic E-state index is 13.0. The van der Waals surface area contributed by atoms with Crippen molar-refractivity contribution in [1.29, 1.82) is 0 Å². The second kappa shape index (κ2) is 9.70. The van der Waals surface area contributed by atoms with Gasteiger partial charge in [-0.2, -0.15) is 0 Å². The lowest BCUT2D eigenvalue weighted by Gasteiger charge is -2.46. The highest BCUT2D eigenvalue weighted by atomic mass is 19.1. The van der Waals surface area contributed by atoms with E-state index < -0.39 is 0 Å². The van der Waals surface area contributed by atoms with Crippen molar-refractivity contribution < 1.29 is 9.13 Å². The van der Waals surface area contributed by atoms with Gasteiger partial charge < -0.3 is 9.64 Å². The average Bonchev–Trinajstić information content (AvgIpc) is 2.75. The molecule has 5 heteroatoms. The topological polar surface area (TPSA) is 28.6 Å². The van der Waals surface area contributed by atoms with Crippen LogP contribution in [0.3, 0.4) is 0 Å². The molecule has 3 heterocycles. The van der Waals surface area contributed by atoms with E-state index in [4.69, 9.17) is 4.74 Å². The van der Waals surface area contributed by atoms with Gasteiger partial charge in [-0.1, -0.05) is 19.9 Å². The van der Waals surface area contributed by atoms with E-state index in [1.807, 2.05) is 26.1 Å². The predicted octanol–water partition coefficient (Wildman–Crippen LogP) is 4.23. The number of fused-ring (bicyclic) bond motifs is 1. The maximum absolute atomic E-state index is 13.0. The molecule has 27 heavy (non-hydrogen) atoms. The minimum absolute atomic E-state index is 0.223. The third kappa shape index (κ3) is 5.19. The number of rotatable bonds is 4. The third-order valence-corrected chi connectivity index (χ3v) is 5.28. The number of anilines is 1. The van der Waals surface area contributed by atoms with Crippen molar-refractivity contribution >= 4 is 5.82 Å². The molecule has 0 amide bonds. The number of ether oxygens (including phenoxy) is 1. The molecule has 0 aliphatic carbocycles. The maximum Gasteiger partial charge on any atom is 0.128 e. The van der Waals surface area contributed by atoms with E-state index in [1.54, 1.807) is 12.1 Å². The lowest BCUT2D eigenvalue weighted by Crippen LogP contribution is -2.57. The van der Waals surface area contributed by atoms with Crippen LogP contribution in [0.1, 0.15) is 26.7 Å². The van der Waals surface area contributed by atoms with E-state index in [0.29, 0.717) is 18.6 Å². The molecule has 1 unspecified atom stereocenters. The van der Waals surface area contributed by atoms with Crippen molar-refractivity contribution in [3.8, 4) is 5.75 Å². The summed E-state index contributed by atoms with van der Waals surface area (Å²) in [5, 5.41) is 0. The Morgan fingerprint density at radius 3 is 2.59 bits per heavy atom. The summed E-state index contributed by atoms with van der Waals surface area (Å²) < 4.78 is 18.8. The lowest BCUT2D eigenvalue weighted by atomic mass is 9.91. The molecule has 2 aromatic rings. The third-order valence-electron chi connectivity index (χ3n) is 5.28. The first kappa shape index (κ1) is 19.6. The molecule has 0 spiro atoms. The fourth-order valence-electron chi connectivity index (χ4n) is 3.89. The van der Waals surface area contributed by atoms with Crippen LogP contribution in [0.4, 0.5) is 10.2 Å². The van der Waals surface area contributed by atoms with Gasteiger partial charge >= 0.3 is 0 Å². The lowest BCUT2D eigenvalue weighted by molar-refractivity contribution is 0.0727. The van der Waals surface area contributed by atoms with Crippen molar-refractivity contribution in [3.63, 3.8) is 0 Å². The number of piperidine rings is 1. The first-order valence-electron chi connectivity index (χ1n) is 10.1. The molecule has 2 fully saturated rings. The standard InChI is InChI=1S/C20H24FN3O.C2H6/c21-17-5-8-19(9-6-17)25-15-16-4-7-18-14-24(12-11-23(18)13-16)20-3-1-2-10-22-20;1-2/h1-3,5-6,8-10,16,18H,4,7,11-15H2;1-2H3/t16-,18?;/m1./s1. The van der Waals surface area contributed by atoms with Crippen LogP contribution in [0.15, 0.2) is 48.7 Å². The minimum atomic E-state index is -0.223. The summed E-state index contributed by atoms with van der Waals surface area (Å²) in [6, 6.07) is 13.0. The number of pyridine rings is 1. The Labute approximate surface area is 162 Å². The number of nitrogens with zero attached hydrogens (tertiary/aromatic N) is 3. The molecule has 1 aromatic heterocycles. The highest BCUT2D eigenvalue weighted by molar-refractivity contribution is 5.38. The average molecular weight is 372 g/mol. The van der Waals surface area contributed by atoms with Gasteiger partial charge in [0.15, 0.2) is 0 Å². The van der Waals surface area contributed by atoms with E-state index in [9.17, 15) is 4.39 Å². The second-order valence-corrected chi connectivity index (χ2v) is 6.99. The van der Waals surface area contributed by atoms with Crippen molar-refractivity contribution in [2.45, 2.75) is 32.7 Å². The molecule has 0 radical (unpaired) electrons. The number of hydrogen-bond donors (Lipinski definition) is 0. The zero-order valence-electron chi connectivity index (χ0n) is 16.4. The van der Waals surface area contributed by atoms with E-state index in [2.05, 4.69) is 26.9 Å². The van der Waals surface area contributed by atoms with E-state index >= 15 is 0 Å². The SMILES string of the molecule is CC.Fc1ccc(OC[C@@H]2CCC3CN(c4ccccn4)CCN3C2)cc1. The summed E-state index contributed by atoms with van der Waals surface area (Å²) in [5.74, 6) is 2.16. The highest BCUT2D eigenvalue weighted by Crippen LogP contribution is 2.27. The van der Waals surface area contributed by atoms with E-state index in [0.717, 1.165) is 37.7 Å². The van der Waals surface area contributed by atoms with Crippen molar-refractivity contribution in [1.82, 2.24) is 9.88 Å². The Hall–Kier alpha value is -2.14. The largest absolute Gasteiger partial charge is 0.493 e. The minimum Gasteiger partial charge on any atom is -0.493 e. The van der Waals surface area contributed by atoms with Gasteiger partial charge in [0.05, 0.1) is 6.61 Å². The summed E-state index contributed by atoms with van der Waals surface area (Å²) in [5.41, 5.74) is 0. The van der Waals surface area contributed by atoms with E-state index in [1.165, 1.54) is 25.0 Å². The highest BCUT2D eigenvalue weighted by Gasteiger charge is 2.33. The van der Waals surface area contributed by atoms with Crippen molar-refractivity contribution in [2.75, 3.05) is 37.7 Å². The molecule has 0 bridgehead atoms. The van der Waals surface area contributed by atoms with Crippen LogP contribution in [-0.4, -0.2) is 48.7 Å². The Balaban J connectivity index is 0.00000102. The molecule has 2 aliphatic heterocycles. The molecule has 146 valence electrons. The van der Waals surface area contributed by atoms with Gasteiger partial charge in [-0.15, -0.1) is 0 Å². The quantitative estimate of drug-likeness (QED) is 0.804. The van der Waals surface area contributed by atoms with Gasteiger partial charge in [0, 0.05) is 44.3 Å². The van der Waals surface area contributed by atoms with Crippen LogP contribution in [-0.2, 0) is 0 Å². The summed E-state index contributed by atoms with van der Waals surface area (Å²) >= 11 is 0. The predicted molar refractivity (Wildman–Crippen MR) is 108 cm³/mol. The monoisotopic (exact) mass is 371 g/mol. The van der Waals surface area contributed by atoms with Crippen molar-refractivity contribution in [2.24, 2.45) is 5.92 Å². The molecule has 0 N–H and O–H groups in total. The number of hydrogen-bond acceptors (Lipinski definition) is 4. The van der Waals surface area contributed by atoms with Crippen LogP contribution in [0.2, 0.25) is 0 Å². The molecule has 1 aromatic carbocycles. The number of benzene rings is 1. The number of halogens is 1. The first-order valence-corrected chi connectivity index (χ1v) is 10.1. The molecule has 4 nitrogen and oxygen atoms in total. The molecular weight excluding hydrogens is 341 g/mol. The molecule has 2 atom stereocenters. The van der Waals surface area contributed by atoms with Crippen LogP contribution < -0.4 is 9.64 Å². The molecular formula is C22H30FN3O. The van der Waals surface area contributed by atoms with Gasteiger partial charge in [-0.25, -0.2) is 9.37 Å². The molecule has 4 rings (SSSR count). The van der Waals surface area contributed by atoms with Crippen molar-refractivity contribution in [3.05, 3.63) is 54.5 Å². The van der Waals surface area contributed by atoms with Crippen LogP contribution in [0.5, 0.6) is 5.75 Å². The summed E-state index contributed by atoms with van der Waals surface area (Å²) in [4.78, 5) is 9.48. The first-order chi connectivity index (χ1) is 13.3. The van der Waals surface area contributed by atoms with Gasteiger partial charge in [-0.3, -0.25) is 4.90 Å². The summed E-state index contributed by atoms with van der Waals surface area (Å²) in [6.45, 7) is 8.95. The smallest absolute Gasteiger partial charge is 0.128 e. The molecule has 0 saturated carbocycles. The zero-order chi connectivity index (χ0) is 19.1.